The summed E-state index contributed by atoms with van der Waals surface area (Å²) in [7, 11) is 0. The van der Waals surface area contributed by atoms with Gasteiger partial charge in [-0.25, -0.2) is 0 Å². The van der Waals surface area contributed by atoms with E-state index in [0.717, 1.165) is 63.3 Å². The van der Waals surface area contributed by atoms with Crippen LogP contribution in [0.2, 0.25) is 0 Å². The minimum atomic E-state index is 0.124. The molecular weight excluding hydrogens is 897 g/mol. The molecule has 0 spiro atoms. The number of anilines is 11. The van der Waals surface area contributed by atoms with Crippen LogP contribution >= 0.6 is 0 Å². The molecule has 11 aromatic carbocycles. The molecule has 1 aliphatic rings. The summed E-state index contributed by atoms with van der Waals surface area (Å²) in [5.41, 5.74) is 17.3. The summed E-state index contributed by atoms with van der Waals surface area (Å²) in [6.07, 6.45) is 9.89. The molecule has 0 saturated heterocycles. The molecule has 1 unspecified atom stereocenters. The monoisotopic (exact) mass is 952 g/mol. The zero-order valence-electron chi connectivity index (χ0n) is 41.7. The Morgan fingerprint density at radius 2 is 0.608 bits per heavy atom. The van der Waals surface area contributed by atoms with E-state index < -0.39 is 0 Å². The first kappa shape index (κ1) is 45.7. The van der Waals surface area contributed by atoms with E-state index in [9.17, 15) is 0 Å². The molecule has 0 heterocycles. The second-order valence-electron chi connectivity index (χ2n) is 19.0. The van der Waals surface area contributed by atoms with Gasteiger partial charge in [0.2, 0.25) is 0 Å². The van der Waals surface area contributed by atoms with Crippen molar-refractivity contribution >= 4 is 84.1 Å². The molecule has 1 aliphatic carbocycles. The predicted molar refractivity (Wildman–Crippen MR) is 316 cm³/mol. The Morgan fingerprint density at radius 1 is 0.297 bits per heavy atom. The Bertz CT molecular complexity index is 3680. The number of fused-ring (bicyclic) bond motifs is 2. The number of aryl methyl sites for hydroxylation is 2. The van der Waals surface area contributed by atoms with E-state index in [2.05, 4.69) is 319 Å². The van der Waals surface area contributed by atoms with Gasteiger partial charge in [0.25, 0.3) is 0 Å². The van der Waals surface area contributed by atoms with E-state index >= 15 is 0 Å². The van der Waals surface area contributed by atoms with Gasteiger partial charge in [-0.05, 0) is 175 Å². The first-order chi connectivity index (χ1) is 36.6. The fourth-order valence-electron chi connectivity index (χ4n) is 11.0. The van der Waals surface area contributed by atoms with Crippen molar-refractivity contribution < 1.29 is 0 Å². The molecular formula is C70H56N4. The summed E-state index contributed by atoms with van der Waals surface area (Å²) < 4.78 is 0. The lowest BCUT2D eigenvalue weighted by Gasteiger charge is -2.35. The zero-order chi connectivity index (χ0) is 49.8. The highest BCUT2D eigenvalue weighted by Crippen LogP contribution is 2.49. The molecule has 0 aromatic heterocycles. The van der Waals surface area contributed by atoms with E-state index in [1.807, 2.05) is 0 Å². The second kappa shape index (κ2) is 20.4. The van der Waals surface area contributed by atoms with Crippen LogP contribution in [0.4, 0.5) is 62.6 Å². The van der Waals surface area contributed by atoms with Crippen molar-refractivity contribution in [2.75, 3.05) is 19.6 Å². The first-order valence-electron chi connectivity index (χ1n) is 25.6. The maximum absolute atomic E-state index is 2.55. The van der Waals surface area contributed by atoms with Gasteiger partial charge in [0.15, 0.2) is 0 Å². The molecule has 0 saturated carbocycles. The van der Waals surface area contributed by atoms with Crippen molar-refractivity contribution in [1.82, 2.24) is 0 Å². The molecule has 74 heavy (non-hydrogen) atoms. The predicted octanol–water partition coefficient (Wildman–Crippen LogP) is 19.7. The molecule has 0 radical (unpaired) electrons. The minimum Gasteiger partial charge on any atom is -0.334 e. The van der Waals surface area contributed by atoms with Crippen LogP contribution in [0.25, 0.3) is 32.7 Å². The highest BCUT2D eigenvalue weighted by molar-refractivity contribution is 6.14. The van der Waals surface area contributed by atoms with Gasteiger partial charge in [0, 0.05) is 67.6 Å². The summed E-state index contributed by atoms with van der Waals surface area (Å²) in [5, 5.41) is 4.85. The zero-order valence-corrected chi connectivity index (χ0v) is 41.7. The highest BCUT2D eigenvalue weighted by Gasteiger charge is 2.26. The summed E-state index contributed by atoms with van der Waals surface area (Å²) in [5.74, 6) is 0. The van der Waals surface area contributed by atoms with Crippen molar-refractivity contribution in [3.8, 4) is 11.1 Å². The molecule has 0 bridgehead atoms. The smallest absolute Gasteiger partial charge is 0.0560 e. The summed E-state index contributed by atoms with van der Waals surface area (Å²) in [6.45, 7) is 4.59. The normalized spacial score (nSPS) is 13.0. The van der Waals surface area contributed by atoms with Gasteiger partial charge in [-0.1, -0.05) is 164 Å². The van der Waals surface area contributed by atoms with Crippen molar-refractivity contribution in [3.63, 3.8) is 0 Å². The number of nitrogens with zero attached hydrogens (tertiary/aromatic N) is 4. The first-order valence-corrected chi connectivity index (χ1v) is 25.6. The van der Waals surface area contributed by atoms with Crippen molar-refractivity contribution in [2.45, 2.75) is 26.3 Å². The number of para-hydroxylation sites is 5. The van der Waals surface area contributed by atoms with Gasteiger partial charge >= 0.3 is 0 Å². The minimum absolute atomic E-state index is 0.124. The van der Waals surface area contributed by atoms with Gasteiger partial charge in [-0.2, -0.15) is 0 Å². The summed E-state index contributed by atoms with van der Waals surface area (Å²) in [6, 6.07) is 94.3. The van der Waals surface area contributed by atoms with Gasteiger partial charge in [-0.15, -0.1) is 0 Å². The van der Waals surface area contributed by atoms with Crippen molar-refractivity contribution in [3.05, 3.63) is 296 Å². The van der Waals surface area contributed by atoms with Crippen LogP contribution in [-0.4, -0.2) is 6.04 Å². The average Bonchev–Trinajstić information content (AvgIpc) is 3.46. The topological polar surface area (TPSA) is 13.0 Å². The van der Waals surface area contributed by atoms with Crippen LogP contribution in [0.15, 0.2) is 285 Å². The molecule has 11 aromatic rings. The second-order valence-corrected chi connectivity index (χ2v) is 19.0. The molecule has 4 nitrogen and oxygen atoms in total. The third kappa shape index (κ3) is 8.77. The highest BCUT2D eigenvalue weighted by atomic mass is 15.2. The van der Waals surface area contributed by atoms with E-state index in [-0.39, 0.29) is 6.04 Å². The third-order valence-electron chi connectivity index (χ3n) is 14.3. The Balaban J connectivity index is 0.975. The van der Waals surface area contributed by atoms with Crippen molar-refractivity contribution in [1.29, 1.82) is 0 Å². The van der Waals surface area contributed by atoms with Crippen LogP contribution in [0, 0.1) is 13.8 Å². The van der Waals surface area contributed by atoms with Crippen LogP contribution in [0.1, 0.15) is 17.5 Å². The fraction of sp³-hybridized carbons (Fsp3) is 0.0571. The van der Waals surface area contributed by atoms with Crippen LogP contribution in [0.3, 0.4) is 0 Å². The third-order valence-corrected chi connectivity index (χ3v) is 14.3. The summed E-state index contributed by atoms with van der Waals surface area (Å²) >= 11 is 0. The number of rotatable bonds is 13. The SMILES string of the molecule is Cc1cc(N(c2ccccc2)c2ccc(N(c3ccccc3)c3ccccc3)cc2)c2ccccc2c1-c1c(C)cc(N(c2ccc(N(c3ccccc3)c3ccccc3)cc2)C2C=CC=CC2)c2ccccc12. The van der Waals surface area contributed by atoms with Crippen LogP contribution in [-0.2, 0) is 0 Å². The Kier molecular flexibility index (Phi) is 12.6. The lowest BCUT2D eigenvalue weighted by atomic mass is 9.86. The molecule has 12 rings (SSSR count). The molecule has 0 N–H and O–H groups in total. The Hall–Kier alpha value is -9.38. The quantitative estimate of drug-likeness (QED) is 0.114. The van der Waals surface area contributed by atoms with Gasteiger partial charge in [0.1, 0.15) is 0 Å². The molecule has 0 fully saturated rings. The standard InChI is InChI=1S/C70H56N4/c1-51-49-67(73(57-33-17-7-18-34-57)61-45-41-59(42-46-61)71(53-25-9-3-10-26-53)54-27-11-4-12-28-54)63-37-21-23-39-65(63)69(51)70-52(2)50-68(64-38-22-24-40-66(64)70)74(58-35-19-8-20-36-58)62-47-43-60(44-48-62)72(55-29-13-5-14-30-55)56-31-15-6-16-32-56/h3-35,37-50,58H,36H2,1-2H3. The van der Waals surface area contributed by atoms with Crippen LogP contribution < -0.4 is 19.6 Å². The number of benzene rings is 11. The lowest BCUT2D eigenvalue weighted by Crippen LogP contribution is -2.30. The largest absolute Gasteiger partial charge is 0.334 e. The lowest BCUT2D eigenvalue weighted by molar-refractivity contribution is 0.787. The molecule has 4 heteroatoms. The van der Waals surface area contributed by atoms with E-state index in [1.165, 1.54) is 49.5 Å². The van der Waals surface area contributed by atoms with E-state index in [4.69, 9.17) is 0 Å². The molecule has 1 atom stereocenters. The van der Waals surface area contributed by atoms with Crippen LogP contribution in [0.5, 0.6) is 0 Å². The maximum Gasteiger partial charge on any atom is 0.0560 e. The van der Waals surface area contributed by atoms with Gasteiger partial charge in [0.05, 0.1) is 11.7 Å². The van der Waals surface area contributed by atoms with Gasteiger partial charge < -0.3 is 19.6 Å². The van der Waals surface area contributed by atoms with E-state index in [1.54, 1.807) is 0 Å². The average molecular weight is 953 g/mol. The molecule has 0 amide bonds. The number of hydrogen-bond acceptors (Lipinski definition) is 4. The Morgan fingerprint density at radius 3 is 1.00 bits per heavy atom. The van der Waals surface area contributed by atoms with Gasteiger partial charge in [-0.3, -0.25) is 0 Å². The molecule has 0 aliphatic heterocycles. The van der Waals surface area contributed by atoms with E-state index in [0.29, 0.717) is 0 Å². The van der Waals surface area contributed by atoms with Crippen molar-refractivity contribution in [2.24, 2.45) is 0 Å². The number of allylic oxidation sites excluding steroid dienone is 2. The summed E-state index contributed by atoms with van der Waals surface area (Å²) in [4.78, 5) is 9.60. The maximum atomic E-state index is 2.55. The fourth-order valence-corrected chi connectivity index (χ4v) is 11.0. The number of hydrogen-bond donors (Lipinski definition) is 0. The Labute approximate surface area is 435 Å². The molecule has 356 valence electrons.